The topological polar surface area (TPSA) is 94.4 Å². The summed E-state index contributed by atoms with van der Waals surface area (Å²) in [6, 6.07) is 11.6. The summed E-state index contributed by atoms with van der Waals surface area (Å²) in [6.07, 6.45) is 0. The first-order valence-corrected chi connectivity index (χ1v) is 9.47. The van der Waals surface area contributed by atoms with Crippen molar-refractivity contribution in [1.29, 1.82) is 0 Å². The lowest BCUT2D eigenvalue weighted by Crippen LogP contribution is -2.43. The Kier molecular flexibility index (Phi) is 4.86. The van der Waals surface area contributed by atoms with E-state index >= 15 is 0 Å². The van der Waals surface area contributed by atoms with Crippen molar-refractivity contribution >= 4 is 56.6 Å². The number of hydrogen-bond donors (Lipinski definition) is 1. The first-order chi connectivity index (χ1) is 13.4. The van der Waals surface area contributed by atoms with E-state index < -0.39 is 23.9 Å². The van der Waals surface area contributed by atoms with Crippen LogP contribution in [0, 0.1) is 0 Å². The predicted molar refractivity (Wildman–Crippen MR) is 106 cm³/mol. The third-order valence-corrected chi connectivity index (χ3v) is 5.10. The average molecular weight is 463 g/mol. The molecule has 1 fully saturated rings. The van der Waals surface area contributed by atoms with Crippen LogP contribution in [0.2, 0.25) is 5.02 Å². The molecule has 1 saturated heterocycles. The van der Waals surface area contributed by atoms with Crippen molar-refractivity contribution in [2.75, 3.05) is 16.8 Å². The number of nitrogens with one attached hydrogen (secondary N) is 1. The highest BCUT2D eigenvalue weighted by Crippen LogP contribution is 2.32. The zero-order valence-corrected chi connectivity index (χ0v) is 16.6. The van der Waals surface area contributed by atoms with Gasteiger partial charge in [-0.3, -0.25) is 19.4 Å². The molecule has 2 heterocycles. The zero-order valence-electron chi connectivity index (χ0n) is 14.3. The highest BCUT2D eigenvalue weighted by Gasteiger charge is 2.55. The Bertz CT molecular complexity index is 997. The summed E-state index contributed by atoms with van der Waals surface area (Å²) in [7, 11) is 0. The van der Waals surface area contributed by atoms with E-state index in [4.69, 9.17) is 11.6 Å². The number of hydrogen-bond acceptors (Lipinski definition) is 6. The second kappa shape index (κ2) is 7.33. The lowest BCUT2D eigenvalue weighted by Gasteiger charge is -2.20. The lowest BCUT2D eigenvalue weighted by atomic mass is 10.1. The second-order valence-electron chi connectivity index (χ2n) is 6.24. The molecular formula is C18H13BrClN5O3. The van der Waals surface area contributed by atoms with Crippen LogP contribution in [0.4, 0.5) is 11.4 Å². The van der Waals surface area contributed by atoms with Crippen LogP contribution >= 0.6 is 27.5 Å². The van der Waals surface area contributed by atoms with Gasteiger partial charge in [0.2, 0.25) is 5.91 Å². The molecule has 1 N–H and O–H groups in total. The normalized spacial score (nSPS) is 20.6. The molecule has 4 rings (SSSR count). The fourth-order valence-corrected chi connectivity index (χ4v) is 3.62. The number of anilines is 2. The van der Waals surface area contributed by atoms with Crippen LogP contribution in [0.25, 0.3) is 0 Å². The van der Waals surface area contributed by atoms with Gasteiger partial charge in [-0.2, -0.15) is 5.11 Å². The molecule has 28 heavy (non-hydrogen) atoms. The Morgan fingerprint density at radius 3 is 2.61 bits per heavy atom. The summed E-state index contributed by atoms with van der Waals surface area (Å²) in [5.41, 5.74) is 1.01. The summed E-state index contributed by atoms with van der Waals surface area (Å²) in [5, 5.41) is 12.3. The van der Waals surface area contributed by atoms with Gasteiger partial charge in [0.25, 0.3) is 11.8 Å². The van der Waals surface area contributed by atoms with Crippen LogP contribution in [0.1, 0.15) is 0 Å². The third-order valence-electron chi connectivity index (χ3n) is 4.36. The first kappa shape index (κ1) is 18.6. The second-order valence-corrected chi connectivity index (χ2v) is 7.59. The first-order valence-electron chi connectivity index (χ1n) is 8.30. The van der Waals surface area contributed by atoms with Gasteiger partial charge in [-0.05, 0) is 42.5 Å². The van der Waals surface area contributed by atoms with Gasteiger partial charge in [0.1, 0.15) is 6.54 Å². The van der Waals surface area contributed by atoms with Crippen LogP contribution in [-0.2, 0) is 14.4 Å². The number of halogens is 2. The molecule has 2 aromatic rings. The fraction of sp³-hybridized carbons (Fsp3) is 0.167. The molecule has 0 saturated carbocycles. The van der Waals surface area contributed by atoms with Gasteiger partial charge in [-0.25, -0.2) is 4.90 Å². The summed E-state index contributed by atoms with van der Waals surface area (Å²) >= 11 is 9.15. The molecule has 8 nitrogen and oxygen atoms in total. The van der Waals surface area contributed by atoms with E-state index in [1.807, 2.05) is 0 Å². The standard InChI is InChI=1S/C18H13BrClN5O3/c19-10-2-1-3-13(8-10)25-17(27)15-16(18(25)28)24(23-22-15)9-14(26)21-12-6-4-11(20)5-7-12/h1-8,15-16H,9H2,(H,21,26). The van der Waals surface area contributed by atoms with Gasteiger partial charge >= 0.3 is 0 Å². The summed E-state index contributed by atoms with van der Waals surface area (Å²) in [4.78, 5) is 38.9. The van der Waals surface area contributed by atoms with Gasteiger partial charge in [-0.15, -0.1) is 0 Å². The molecule has 2 aliphatic rings. The smallest absolute Gasteiger partial charge is 0.263 e. The molecule has 0 spiro atoms. The number of rotatable bonds is 4. The average Bonchev–Trinajstić information content (AvgIpc) is 3.17. The number of imide groups is 1. The number of fused-ring (bicyclic) bond motifs is 1. The molecule has 2 aliphatic heterocycles. The summed E-state index contributed by atoms with van der Waals surface area (Å²) < 4.78 is 0.739. The van der Waals surface area contributed by atoms with Gasteiger partial charge in [-0.1, -0.05) is 38.8 Å². The highest BCUT2D eigenvalue weighted by molar-refractivity contribution is 9.10. The fourth-order valence-electron chi connectivity index (χ4n) is 3.10. The van der Waals surface area contributed by atoms with E-state index in [-0.39, 0.29) is 12.5 Å². The van der Waals surface area contributed by atoms with Crippen LogP contribution < -0.4 is 10.2 Å². The minimum absolute atomic E-state index is 0.210. The molecule has 0 aromatic heterocycles. The largest absolute Gasteiger partial charge is 0.324 e. The van der Waals surface area contributed by atoms with Gasteiger partial charge in [0, 0.05) is 15.2 Å². The molecule has 2 unspecified atom stereocenters. The molecular weight excluding hydrogens is 450 g/mol. The molecule has 10 heteroatoms. The van der Waals surface area contributed by atoms with Crippen LogP contribution in [-0.4, -0.2) is 41.4 Å². The number of amides is 3. The Hall–Kier alpha value is -2.78. The maximum atomic E-state index is 12.9. The van der Waals surface area contributed by atoms with E-state index in [0.717, 1.165) is 9.37 Å². The van der Waals surface area contributed by atoms with Crippen molar-refractivity contribution < 1.29 is 14.4 Å². The van der Waals surface area contributed by atoms with E-state index in [2.05, 4.69) is 31.6 Å². The monoisotopic (exact) mass is 461 g/mol. The van der Waals surface area contributed by atoms with Crippen molar-refractivity contribution in [3.8, 4) is 0 Å². The van der Waals surface area contributed by atoms with Gasteiger partial charge < -0.3 is 5.32 Å². The maximum Gasteiger partial charge on any atom is 0.263 e. The number of carbonyl (C=O) groups excluding carboxylic acids is 3. The van der Waals surface area contributed by atoms with E-state index in [9.17, 15) is 14.4 Å². The Labute approximate surface area is 173 Å². The Morgan fingerprint density at radius 2 is 1.89 bits per heavy atom. The summed E-state index contributed by atoms with van der Waals surface area (Å²) in [6.45, 7) is -0.210. The minimum atomic E-state index is -0.949. The van der Waals surface area contributed by atoms with Crippen molar-refractivity contribution in [3.63, 3.8) is 0 Å². The zero-order chi connectivity index (χ0) is 19.8. The van der Waals surface area contributed by atoms with Crippen LogP contribution in [0.3, 0.4) is 0 Å². The number of benzene rings is 2. The van der Waals surface area contributed by atoms with Crippen molar-refractivity contribution in [2.45, 2.75) is 12.1 Å². The third kappa shape index (κ3) is 3.38. The Morgan fingerprint density at radius 1 is 1.14 bits per heavy atom. The van der Waals surface area contributed by atoms with Crippen molar-refractivity contribution in [3.05, 3.63) is 58.0 Å². The van der Waals surface area contributed by atoms with E-state index in [1.54, 1.807) is 48.5 Å². The maximum absolute atomic E-state index is 12.9. The van der Waals surface area contributed by atoms with Crippen molar-refractivity contribution in [1.82, 2.24) is 5.01 Å². The SMILES string of the molecule is O=C(CN1N=NC2C(=O)N(c3cccc(Br)c3)C(=O)C21)Nc1ccc(Cl)cc1. The van der Waals surface area contributed by atoms with Crippen LogP contribution in [0.5, 0.6) is 0 Å². The predicted octanol–water partition coefficient (Wildman–Crippen LogP) is 3.03. The molecule has 0 radical (unpaired) electrons. The lowest BCUT2D eigenvalue weighted by molar-refractivity contribution is -0.123. The minimum Gasteiger partial charge on any atom is -0.324 e. The molecule has 2 aromatic carbocycles. The van der Waals surface area contributed by atoms with Crippen LogP contribution in [0.15, 0.2) is 63.3 Å². The number of carbonyl (C=O) groups is 3. The van der Waals surface area contributed by atoms with Crippen molar-refractivity contribution in [2.24, 2.45) is 10.3 Å². The number of nitrogens with zero attached hydrogens (tertiary/aromatic N) is 4. The van der Waals surface area contributed by atoms with Gasteiger partial charge in [0.05, 0.1) is 5.69 Å². The molecule has 0 bridgehead atoms. The molecule has 3 amide bonds. The Balaban J connectivity index is 1.49. The highest BCUT2D eigenvalue weighted by atomic mass is 79.9. The molecule has 2 atom stereocenters. The van der Waals surface area contributed by atoms with E-state index in [0.29, 0.717) is 16.4 Å². The quantitative estimate of drug-likeness (QED) is 0.707. The molecule has 142 valence electrons. The summed E-state index contributed by atoms with van der Waals surface area (Å²) in [5.74, 6) is -1.31. The molecule has 0 aliphatic carbocycles. The van der Waals surface area contributed by atoms with Gasteiger partial charge in [0.15, 0.2) is 12.1 Å². The van der Waals surface area contributed by atoms with E-state index in [1.165, 1.54) is 5.01 Å².